The second kappa shape index (κ2) is 5.51. The van der Waals surface area contributed by atoms with E-state index in [4.69, 9.17) is 14.9 Å². The molecule has 1 aliphatic carbocycles. The fourth-order valence-electron chi connectivity index (χ4n) is 2.45. The van der Waals surface area contributed by atoms with Crippen LogP contribution in [0, 0.1) is 11.8 Å². The van der Waals surface area contributed by atoms with Crippen molar-refractivity contribution in [2.75, 3.05) is 6.54 Å². The number of hydrogen-bond donors (Lipinski definition) is 1. The molecular formula is C13H21NO2. The monoisotopic (exact) mass is 223 g/mol. The SMILES string of the molecule is CC1CCC(CN)C(OCc2ccco2)C1. The predicted molar refractivity (Wildman–Crippen MR) is 62.8 cm³/mol. The number of hydrogen-bond acceptors (Lipinski definition) is 3. The third kappa shape index (κ3) is 2.86. The molecule has 0 bridgehead atoms. The minimum absolute atomic E-state index is 0.304. The fourth-order valence-corrected chi connectivity index (χ4v) is 2.45. The van der Waals surface area contributed by atoms with E-state index >= 15 is 0 Å². The van der Waals surface area contributed by atoms with Gasteiger partial charge in [-0.1, -0.05) is 13.3 Å². The molecule has 1 aromatic heterocycles. The highest BCUT2D eigenvalue weighted by molar-refractivity contribution is 4.96. The lowest BCUT2D eigenvalue weighted by Crippen LogP contribution is -2.35. The van der Waals surface area contributed by atoms with Crippen LogP contribution in [-0.2, 0) is 11.3 Å². The van der Waals surface area contributed by atoms with E-state index in [0.29, 0.717) is 18.6 Å². The Morgan fingerprint density at radius 2 is 2.38 bits per heavy atom. The maximum absolute atomic E-state index is 5.93. The Bertz CT molecular complexity index is 297. The lowest BCUT2D eigenvalue weighted by atomic mass is 9.80. The summed E-state index contributed by atoms with van der Waals surface area (Å²) in [6.45, 7) is 3.59. The maximum atomic E-state index is 5.93. The summed E-state index contributed by atoms with van der Waals surface area (Å²) >= 11 is 0. The molecule has 16 heavy (non-hydrogen) atoms. The Hall–Kier alpha value is -0.800. The van der Waals surface area contributed by atoms with E-state index in [-0.39, 0.29) is 0 Å². The lowest BCUT2D eigenvalue weighted by molar-refractivity contribution is -0.0363. The molecule has 0 amide bonds. The summed E-state index contributed by atoms with van der Waals surface area (Å²) in [6, 6.07) is 3.84. The summed E-state index contributed by atoms with van der Waals surface area (Å²) < 4.78 is 11.2. The standard InChI is InChI=1S/C13H21NO2/c1-10-4-5-11(8-14)13(7-10)16-9-12-3-2-6-15-12/h2-3,6,10-11,13H,4-5,7-9,14H2,1H3. The van der Waals surface area contributed by atoms with E-state index in [2.05, 4.69) is 6.92 Å². The third-order valence-electron chi connectivity index (χ3n) is 3.51. The van der Waals surface area contributed by atoms with Gasteiger partial charge in [0.1, 0.15) is 12.4 Å². The van der Waals surface area contributed by atoms with Crippen molar-refractivity contribution in [2.24, 2.45) is 17.6 Å². The van der Waals surface area contributed by atoms with Crippen LogP contribution in [-0.4, -0.2) is 12.6 Å². The van der Waals surface area contributed by atoms with Gasteiger partial charge in [-0.3, -0.25) is 0 Å². The van der Waals surface area contributed by atoms with Crippen LogP contribution in [0.25, 0.3) is 0 Å². The largest absolute Gasteiger partial charge is 0.467 e. The Morgan fingerprint density at radius 3 is 3.06 bits per heavy atom. The number of ether oxygens (including phenoxy) is 1. The third-order valence-corrected chi connectivity index (χ3v) is 3.51. The molecule has 0 saturated heterocycles. The molecule has 90 valence electrons. The van der Waals surface area contributed by atoms with Crippen molar-refractivity contribution in [1.82, 2.24) is 0 Å². The molecule has 0 aliphatic heterocycles. The lowest BCUT2D eigenvalue weighted by Gasteiger charge is -2.33. The van der Waals surface area contributed by atoms with Gasteiger partial charge in [-0.25, -0.2) is 0 Å². The van der Waals surface area contributed by atoms with E-state index in [9.17, 15) is 0 Å². The van der Waals surface area contributed by atoms with Crippen molar-refractivity contribution in [3.05, 3.63) is 24.2 Å². The van der Waals surface area contributed by atoms with Crippen molar-refractivity contribution in [3.63, 3.8) is 0 Å². The first kappa shape index (κ1) is 11.7. The molecule has 1 fully saturated rings. The predicted octanol–water partition coefficient (Wildman–Crippen LogP) is 2.56. The molecule has 1 heterocycles. The highest BCUT2D eigenvalue weighted by Crippen LogP contribution is 2.30. The Kier molecular flexibility index (Phi) is 4.02. The van der Waals surface area contributed by atoms with Crippen LogP contribution in [0.1, 0.15) is 31.9 Å². The van der Waals surface area contributed by atoms with E-state index in [1.165, 1.54) is 12.8 Å². The Morgan fingerprint density at radius 1 is 1.50 bits per heavy atom. The van der Waals surface area contributed by atoms with Gasteiger partial charge in [0.05, 0.1) is 12.4 Å². The summed E-state index contributed by atoms with van der Waals surface area (Å²) in [5.41, 5.74) is 5.78. The van der Waals surface area contributed by atoms with Crippen molar-refractivity contribution >= 4 is 0 Å². The zero-order chi connectivity index (χ0) is 11.4. The van der Waals surface area contributed by atoms with Gasteiger partial charge in [0.15, 0.2) is 0 Å². The normalized spacial score (nSPS) is 30.5. The zero-order valence-electron chi connectivity index (χ0n) is 9.89. The van der Waals surface area contributed by atoms with Crippen LogP contribution in [0.3, 0.4) is 0 Å². The Labute approximate surface area is 97.0 Å². The Balaban J connectivity index is 1.85. The van der Waals surface area contributed by atoms with Gasteiger partial charge in [0, 0.05) is 0 Å². The van der Waals surface area contributed by atoms with Crippen LogP contribution in [0.15, 0.2) is 22.8 Å². The first-order valence-corrected chi connectivity index (χ1v) is 6.13. The number of furan rings is 1. The summed E-state index contributed by atoms with van der Waals surface area (Å²) in [6.07, 6.45) is 5.59. The molecule has 3 nitrogen and oxygen atoms in total. The molecule has 3 unspecified atom stereocenters. The average Bonchev–Trinajstić information content (AvgIpc) is 2.79. The van der Waals surface area contributed by atoms with Crippen molar-refractivity contribution in [1.29, 1.82) is 0 Å². The van der Waals surface area contributed by atoms with Gasteiger partial charge < -0.3 is 14.9 Å². The molecule has 0 radical (unpaired) electrons. The first-order chi connectivity index (χ1) is 7.79. The maximum Gasteiger partial charge on any atom is 0.129 e. The smallest absolute Gasteiger partial charge is 0.129 e. The molecule has 3 atom stereocenters. The zero-order valence-corrected chi connectivity index (χ0v) is 9.89. The van der Waals surface area contributed by atoms with E-state index < -0.39 is 0 Å². The molecule has 0 spiro atoms. The van der Waals surface area contributed by atoms with Gasteiger partial charge >= 0.3 is 0 Å². The van der Waals surface area contributed by atoms with E-state index in [1.807, 2.05) is 12.1 Å². The fraction of sp³-hybridized carbons (Fsp3) is 0.692. The molecule has 1 aliphatic rings. The number of nitrogens with two attached hydrogens (primary N) is 1. The molecule has 1 saturated carbocycles. The second-order valence-corrected chi connectivity index (χ2v) is 4.84. The van der Waals surface area contributed by atoms with Crippen molar-refractivity contribution in [2.45, 2.75) is 38.9 Å². The van der Waals surface area contributed by atoms with Crippen LogP contribution in [0.4, 0.5) is 0 Å². The highest BCUT2D eigenvalue weighted by atomic mass is 16.5. The van der Waals surface area contributed by atoms with Gasteiger partial charge in [-0.15, -0.1) is 0 Å². The molecule has 2 rings (SSSR count). The molecule has 0 aromatic carbocycles. The van der Waals surface area contributed by atoms with Crippen molar-refractivity contribution < 1.29 is 9.15 Å². The van der Waals surface area contributed by atoms with Crippen LogP contribution in [0.2, 0.25) is 0 Å². The van der Waals surface area contributed by atoms with Crippen LogP contribution in [0.5, 0.6) is 0 Å². The van der Waals surface area contributed by atoms with Gasteiger partial charge in [0.2, 0.25) is 0 Å². The van der Waals surface area contributed by atoms with Gasteiger partial charge in [-0.2, -0.15) is 0 Å². The second-order valence-electron chi connectivity index (χ2n) is 4.84. The van der Waals surface area contributed by atoms with Gasteiger partial charge in [0.25, 0.3) is 0 Å². The van der Waals surface area contributed by atoms with Crippen LogP contribution < -0.4 is 5.73 Å². The van der Waals surface area contributed by atoms with Crippen LogP contribution >= 0.6 is 0 Å². The average molecular weight is 223 g/mol. The first-order valence-electron chi connectivity index (χ1n) is 6.13. The molecule has 2 N–H and O–H groups in total. The summed E-state index contributed by atoms with van der Waals surface area (Å²) in [7, 11) is 0. The highest BCUT2D eigenvalue weighted by Gasteiger charge is 2.28. The van der Waals surface area contributed by atoms with Crippen molar-refractivity contribution in [3.8, 4) is 0 Å². The minimum Gasteiger partial charge on any atom is -0.467 e. The van der Waals surface area contributed by atoms with E-state index in [0.717, 1.165) is 24.6 Å². The van der Waals surface area contributed by atoms with Gasteiger partial charge in [-0.05, 0) is 43.4 Å². The number of rotatable bonds is 4. The molecule has 1 aromatic rings. The molecular weight excluding hydrogens is 202 g/mol. The van der Waals surface area contributed by atoms with E-state index in [1.54, 1.807) is 6.26 Å². The molecule has 3 heteroatoms. The summed E-state index contributed by atoms with van der Waals surface area (Å²) in [5, 5.41) is 0. The minimum atomic E-state index is 0.304. The summed E-state index contributed by atoms with van der Waals surface area (Å²) in [4.78, 5) is 0. The quantitative estimate of drug-likeness (QED) is 0.853. The summed E-state index contributed by atoms with van der Waals surface area (Å²) in [5.74, 6) is 2.17. The topological polar surface area (TPSA) is 48.4 Å².